The normalized spacial score (nSPS) is 9.86. The van der Waals surface area contributed by atoms with E-state index in [4.69, 9.17) is 30.3 Å². The zero-order valence-corrected chi connectivity index (χ0v) is 11.2. The molecule has 0 atom stereocenters. The van der Waals surface area contributed by atoms with E-state index in [0.717, 1.165) is 16.7 Å². The van der Waals surface area contributed by atoms with Crippen molar-refractivity contribution >= 4 is 22.8 Å². The van der Waals surface area contributed by atoms with Gasteiger partial charge in [0.05, 0.1) is 12.6 Å². The van der Waals surface area contributed by atoms with Crippen molar-refractivity contribution in [3.05, 3.63) is 30.0 Å². The first-order valence-corrected chi connectivity index (χ1v) is 5.91. The van der Waals surface area contributed by atoms with Crippen molar-refractivity contribution in [3.8, 4) is 5.75 Å². The maximum atomic E-state index is 13.4. The second kappa shape index (κ2) is 7.25. The molecule has 0 aliphatic heterocycles. The summed E-state index contributed by atoms with van der Waals surface area (Å²) in [7, 11) is 1.59. The molecule has 1 aromatic carbocycles. The summed E-state index contributed by atoms with van der Waals surface area (Å²) >= 11 is 0. The van der Waals surface area contributed by atoms with Crippen LogP contribution >= 0.6 is 0 Å². The summed E-state index contributed by atoms with van der Waals surface area (Å²) in [4.78, 5) is 18.8. The van der Waals surface area contributed by atoms with E-state index in [1.807, 2.05) is 6.07 Å². The van der Waals surface area contributed by atoms with Crippen LogP contribution in [-0.2, 0) is 16.0 Å². The summed E-state index contributed by atoms with van der Waals surface area (Å²) in [5.74, 6) is -2.92. The van der Waals surface area contributed by atoms with Crippen molar-refractivity contribution < 1.29 is 29.0 Å². The molecule has 0 saturated heterocycles. The molecule has 1 heterocycles. The number of halogens is 1. The highest BCUT2D eigenvalue weighted by Crippen LogP contribution is 2.26. The van der Waals surface area contributed by atoms with E-state index in [9.17, 15) is 4.48 Å². The highest BCUT2D eigenvalue weighted by Gasteiger charge is 2.08. The second-order valence-electron chi connectivity index (χ2n) is 4.00. The van der Waals surface area contributed by atoms with Gasteiger partial charge in [-0.05, 0) is 36.7 Å². The van der Waals surface area contributed by atoms with Crippen LogP contribution in [0.1, 0.15) is 5.56 Å². The SMILES string of the molecule is COc1ccc2c(c1)c(CCN)cn2F.O=C(O)C(=O)O. The van der Waals surface area contributed by atoms with Crippen LogP contribution in [0.4, 0.5) is 4.48 Å². The van der Waals surface area contributed by atoms with Crippen molar-refractivity contribution in [3.63, 3.8) is 0 Å². The number of ether oxygens (including phenoxy) is 1. The first-order valence-electron chi connectivity index (χ1n) is 5.91. The first-order chi connectivity index (χ1) is 9.90. The molecule has 114 valence electrons. The maximum absolute atomic E-state index is 13.4. The summed E-state index contributed by atoms with van der Waals surface area (Å²) in [6.45, 7) is 0.510. The number of fused-ring (bicyclic) bond motifs is 1. The van der Waals surface area contributed by atoms with Crippen LogP contribution in [0.5, 0.6) is 5.75 Å². The Morgan fingerprint density at radius 3 is 2.43 bits per heavy atom. The molecule has 0 saturated carbocycles. The summed E-state index contributed by atoms with van der Waals surface area (Å²) in [5, 5.41) is 15.6. The van der Waals surface area contributed by atoms with Crippen LogP contribution in [0.15, 0.2) is 24.4 Å². The number of benzene rings is 1. The Hall–Kier alpha value is -2.61. The summed E-state index contributed by atoms with van der Waals surface area (Å²) < 4.78 is 18.5. The predicted molar refractivity (Wildman–Crippen MR) is 73.0 cm³/mol. The van der Waals surface area contributed by atoms with Gasteiger partial charge in [-0.2, -0.15) is 4.79 Å². The molecule has 0 bridgehead atoms. The Labute approximate surface area is 119 Å². The Morgan fingerprint density at radius 1 is 1.33 bits per heavy atom. The van der Waals surface area contributed by atoms with Crippen LogP contribution in [0, 0.1) is 0 Å². The van der Waals surface area contributed by atoms with Crippen LogP contribution in [0.2, 0.25) is 0 Å². The lowest BCUT2D eigenvalue weighted by atomic mass is 10.1. The molecule has 0 radical (unpaired) electrons. The Bertz CT molecular complexity index is 641. The fourth-order valence-electron chi connectivity index (χ4n) is 1.72. The molecule has 0 amide bonds. The molecule has 2 rings (SSSR count). The Balaban J connectivity index is 0.000000315. The second-order valence-corrected chi connectivity index (χ2v) is 4.00. The lowest BCUT2D eigenvalue weighted by molar-refractivity contribution is -0.159. The van der Waals surface area contributed by atoms with Gasteiger partial charge in [-0.1, -0.05) is 4.48 Å². The molecular formula is C13H15FN2O5. The van der Waals surface area contributed by atoms with Crippen LogP contribution in [0.25, 0.3) is 10.9 Å². The fourth-order valence-corrected chi connectivity index (χ4v) is 1.72. The third-order valence-electron chi connectivity index (χ3n) is 2.65. The minimum absolute atomic E-state index is 0.510. The van der Waals surface area contributed by atoms with Gasteiger partial charge in [0, 0.05) is 11.6 Å². The molecule has 21 heavy (non-hydrogen) atoms. The van der Waals surface area contributed by atoms with Crippen LogP contribution in [-0.4, -0.2) is 40.6 Å². The number of nitrogens with two attached hydrogens (primary N) is 1. The van der Waals surface area contributed by atoms with E-state index >= 15 is 0 Å². The molecule has 0 fully saturated rings. The number of hydrogen-bond donors (Lipinski definition) is 3. The van der Waals surface area contributed by atoms with Gasteiger partial charge in [0.25, 0.3) is 0 Å². The third-order valence-corrected chi connectivity index (χ3v) is 2.65. The molecular weight excluding hydrogens is 283 g/mol. The minimum atomic E-state index is -1.82. The number of carboxylic acid groups (broad SMARTS) is 2. The number of aliphatic carboxylic acids is 2. The molecule has 7 nitrogen and oxygen atoms in total. The van der Waals surface area contributed by atoms with Crippen molar-refractivity contribution in [1.82, 2.24) is 4.79 Å². The molecule has 1 aromatic heterocycles. The van der Waals surface area contributed by atoms with Crippen molar-refractivity contribution in [2.45, 2.75) is 6.42 Å². The highest BCUT2D eigenvalue weighted by atomic mass is 19.2. The minimum Gasteiger partial charge on any atom is -0.497 e. The predicted octanol–water partition coefficient (Wildman–Crippen LogP) is 1.04. The molecule has 8 heteroatoms. The van der Waals surface area contributed by atoms with Gasteiger partial charge in [-0.25, -0.2) is 9.59 Å². The highest BCUT2D eigenvalue weighted by molar-refractivity contribution is 6.27. The number of nitrogens with zero attached hydrogens (tertiary/aromatic N) is 1. The quantitative estimate of drug-likeness (QED) is 0.729. The van der Waals surface area contributed by atoms with Gasteiger partial charge in [0.1, 0.15) is 5.75 Å². The molecule has 0 aliphatic rings. The number of rotatable bonds is 3. The smallest absolute Gasteiger partial charge is 0.414 e. The lowest BCUT2D eigenvalue weighted by Crippen LogP contribution is -2.09. The zero-order valence-electron chi connectivity index (χ0n) is 11.2. The topological polar surface area (TPSA) is 115 Å². The molecule has 2 aromatic rings. The molecule has 0 spiro atoms. The van der Waals surface area contributed by atoms with Crippen LogP contribution < -0.4 is 10.5 Å². The molecule has 0 aliphatic carbocycles. The average Bonchev–Trinajstić information content (AvgIpc) is 2.76. The molecule has 4 N–H and O–H groups in total. The van der Waals surface area contributed by atoms with Gasteiger partial charge in [0.15, 0.2) is 0 Å². The number of carbonyl (C=O) groups is 2. The van der Waals surface area contributed by atoms with Crippen molar-refractivity contribution in [2.75, 3.05) is 13.7 Å². The number of hydrogen-bond acceptors (Lipinski definition) is 4. The first kappa shape index (κ1) is 16.4. The van der Waals surface area contributed by atoms with Gasteiger partial charge in [-0.3, -0.25) is 0 Å². The zero-order chi connectivity index (χ0) is 16.0. The molecule has 0 unspecified atom stereocenters. The number of methoxy groups -OCH3 is 1. The van der Waals surface area contributed by atoms with Gasteiger partial charge in [-0.15, -0.1) is 0 Å². The number of aromatic nitrogens is 1. The van der Waals surface area contributed by atoms with E-state index in [0.29, 0.717) is 23.3 Å². The standard InChI is InChI=1S/C11H13FN2O.C2H2O4/c1-15-9-2-3-11-10(6-9)8(4-5-13)7-14(11)12;3-1(4)2(5)6/h2-3,6-7H,4-5,13H2,1H3;(H,3,4)(H,5,6). The number of carboxylic acids is 2. The maximum Gasteiger partial charge on any atom is 0.414 e. The summed E-state index contributed by atoms with van der Waals surface area (Å²) in [6, 6.07) is 5.27. The van der Waals surface area contributed by atoms with E-state index in [1.54, 1.807) is 19.2 Å². The Morgan fingerprint density at radius 2 is 1.95 bits per heavy atom. The van der Waals surface area contributed by atoms with Gasteiger partial charge < -0.3 is 20.7 Å². The van der Waals surface area contributed by atoms with Gasteiger partial charge in [0.2, 0.25) is 0 Å². The van der Waals surface area contributed by atoms with E-state index < -0.39 is 11.9 Å². The van der Waals surface area contributed by atoms with E-state index in [1.165, 1.54) is 6.20 Å². The average molecular weight is 298 g/mol. The van der Waals surface area contributed by atoms with Gasteiger partial charge >= 0.3 is 11.9 Å². The summed E-state index contributed by atoms with van der Waals surface area (Å²) in [5.41, 5.74) is 6.93. The third kappa shape index (κ3) is 4.18. The van der Waals surface area contributed by atoms with Crippen molar-refractivity contribution in [1.29, 1.82) is 0 Å². The summed E-state index contributed by atoms with van der Waals surface area (Å²) in [6.07, 6.45) is 2.14. The van der Waals surface area contributed by atoms with Crippen molar-refractivity contribution in [2.24, 2.45) is 5.73 Å². The van der Waals surface area contributed by atoms with Crippen LogP contribution in [0.3, 0.4) is 0 Å². The monoisotopic (exact) mass is 298 g/mol. The van der Waals surface area contributed by atoms with E-state index in [-0.39, 0.29) is 0 Å². The van der Waals surface area contributed by atoms with E-state index in [2.05, 4.69) is 0 Å². The largest absolute Gasteiger partial charge is 0.497 e. The Kier molecular flexibility index (Phi) is 5.67. The fraction of sp³-hybridized carbons (Fsp3) is 0.231. The lowest BCUT2D eigenvalue weighted by Gasteiger charge is -2.00.